The Kier molecular flexibility index (Phi) is 6.96. The number of rotatable bonds is 6. The van der Waals surface area contributed by atoms with Crippen molar-refractivity contribution in [3.63, 3.8) is 0 Å². The first kappa shape index (κ1) is 21.1. The summed E-state index contributed by atoms with van der Waals surface area (Å²) in [4.78, 5) is 16.6. The number of benzene rings is 2. The van der Waals surface area contributed by atoms with E-state index in [1.807, 2.05) is 38.1 Å². The Morgan fingerprint density at radius 1 is 1.21 bits per heavy atom. The summed E-state index contributed by atoms with van der Waals surface area (Å²) < 4.78 is 28.1. The van der Waals surface area contributed by atoms with Gasteiger partial charge in [0.2, 0.25) is 5.91 Å². The molecule has 1 saturated heterocycles. The van der Waals surface area contributed by atoms with Crippen molar-refractivity contribution < 1.29 is 13.6 Å². The standard InChI is InChI=1S/C21H23ClF2N2OS/c1-14(2)25(12-16-18(23)8-5-9-19(16)24)13-20(27)26-10-11-28-21(26)15-6-3-4-7-17(15)22/h3-9,14,21H,10-13H2,1-2H3. The van der Waals surface area contributed by atoms with Gasteiger partial charge in [-0.25, -0.2) is 8.78 Å². The lowest BCUT2D eigenvalue weighted by atomic mass is 10.1. The third-order valence-electron chi connectivity index (χ3n) is 4.87. The highest BCUT2D eigenvalue weighted by molar-refractivity contribution is 7.99. The highest BCUT2D eigenvalue weighted by Gasteiger charge is 2.33. The predicted octanol–water partition coefficient (Wildman–Crippen LogP) is 5.10. The van der Waals surface area contributed by atoms with Gasteiger partial charge in [-0.2, -0.15) is 0 Å². The topological polar surface area (TPSA) is 23.6 Å². The molecular weight excluding hydrogens is 402 g/mol. The summed E-state index contributed by atoms with van der Waals surface area (Å²) in [5.74, 6) is -0.432. The summed E-state index contributed by atoms with van der Waals surface area (Å²) in [5.41, 5.74) is 0.902. The van der Waals surface area contributed by atoms with Crippen LogP contribution in [0, 0.1) is 11.6 Å². The van der Waals surface area contributed by atoms with Crippen LogP contribution in [-0.2, 0) is 11.3 Å². The smallest absolute Gasteiger partial charge is 0.237 e. The molecule has 2 aromatic rings. The van der Waals surface area contributed by atoms with Crippen LogP contribution >= 0.6 is 23.4 Å². The largest absolute Gasteiger partial charge is 0.325 e. The highest BCUT2D eigenvalue weighted by atomic mass is 35.5. The minimum atomic E-state index is -0.594. The monoisotopic (exact) mass is 424 g/mol. The molecule has 2 aromatic carbocycles. The second kappa shape index (κ2) is 9.25. The van der Waals surface area contributed by atoms with E-state index < -0.39 is 11.6 Å². The van der Waals surface area contributed by atoms with E-state index in [-0.39, 0.29) is 36.0 Å². The average Bonchev–Trinajstić information content (AvgIpc) is 3.13. The number of carbonyl (C=O) groups is 1. The van der Waals surface area contributed by atoms with Gasteiger partial charge >= 0.3 is 0 Å². The van der Waals surface area contributed by atoms with Crippen molar-refractivity contribution in [1.29, 1.82) is 0 Å². The molecule has 0 N–H and O–H groups in total. The Hall–Kier alpha value is -1.63. The van der Waals surface area contributed by atoms with Crippen molar-refractivity contribution in [3.8, 4) is 0 Å². The molecule has 1 heterocycles. The predicted molar refractivity (Wildman–Crippen MR) is 110 cm³/mol. The number of thioether (sulfide) groups is 1. The van der Waals surface area contributed by atoms with Crippen LogP contribution in [0.15, 0.2) is 42.5 Å². The Balaban J connectivity index is 1.76. The normalized spacial score (nSPS) is 17.0. The van der Waals surface area contributed by atoms with Gasteiger partial charge in [0.1, 0.15) is 17.0 Å². The van der Waals surface area contributed by atoms with Crippen LogP contribution in [0.3, 0.4) is 0 Å². The Labute approximate surface area is 173 Å². The zero-order chi connectivity index (χ0) is 20.3. The SMILES string of the molecule is CC(C)N(CC(=O)N1CCSC1c1ccccc1Cl)Cc1c(F)cccc1F. The number of hydrogen-bond acceptors (Lipinski definition) is 3. The van der Waals surface area contributed by atoms with Crippen LogP contribution in [0.2, 0.25) is 5.02 Å². The van der Waals surface area contributed by atoms with Crippen LogP contribution < -0.4 is 0 Å². The maximum absolute atomic E-state index is 14.1. The molecule has 0 aromatic heterocycles. The highest BCUT2D eigenvalue weighted by Crippen LogP contribution is 2.40. The summed E-state index contributed by atoms with van der Waals surface area (Å²) in [6.45, 7) is 4.58. The fraction of sp³-hybridized carbons (Fsp3) is 0.381. The van der Waals surface area contributed by atoms with Gasteiger partial charge in [0.15, 0.2) is 0 Å². The van der Waals surface area contributed by atoms with Gasteiger partial charge in [0, 0.05) is 41.0 Å². The van der Waals surface area contributed by atoms with Gasteiger partial charge in [-0.05, 0) is 32.0 Å². The van der Waals surface area contributed by atoms with E-state index in [9.17, 15) is 13.6 Å². The number of carbonyl (C=O) groups excluding carboxylic acids is 1. The molecule has 0 saturated carbocycles. The first-order valence-electron chi connectivity index (χ1n) is 9.21. The van der Waals surface area contributed by atoms with Crippen molar-refractivity contribution in [2.24, 2.45) is 0 Å². The zero-order valence-corrected chi connectivity index (χ0v) is 17.4. The first-order chi connectivity index (χ1) is 13.4. The third-order valence-corrected chi connectivity index (χ3v) is 6.46. The number of halogens is 3. The number of hydrogen-bond donors (Lipinski definition) is 0. The van der Waals surface area contributed by atoms with Crippen LogP contribution in [-0.4, -0.2) is 40.6 Å². The molecule has 0 bridgehead atoms. The first-order valence-corrected chi connectivity index (χ1v) is 10.6. The quantitative estimate of drug-likeness (QED) is 0.644. The van der Waals surface area contributed by atoms with Crippen LogP contribution in [0.4, 0.5) is 8.78 Å². The minimum absolute atomic E-state index is 0.0116. The second-order valence-corrected chi connectivity index (χ2v) is 8.63. The van der Waals surface area contributed by atoms with Gasteiger partial charge in [-0.3, -0.25) is 9.69 Å². The van der Waals surface area contributed by atoms with Gasteiger partial charge in [0.25, 0.3) is 0 Å². The Morgan fingerprint density at radius 2 is 1.89 bits per heavy atom. The number of nitrogens with zero attached hydrogens (tertiary/aromatic N) is 2. The molecule has 1 aliphatic heterocycles. The van der Waals surface area contributed by atoms with Gasteiger partial charge in [0.05, 0.1) is 6.54 Å². The molecule has 1 fully saturated rings. The summed E-state index contributed by atoms with van der Waals surface area (Å²) in [6.07, 6.45) is 0. The fourth-order valence-electron chi connectivity index (χ4n) is 3.23. The third kappa shape index (κ3) is 4.67. The molecule has 1 atom stereocenters. The second-order valence-electron chi connectivity index (χ2n) is 7.03. The molecule has 1 unspecified atom stereocenters. The molecule has 7 heteroatoms. The summed E-state index contributed by atoms with van der Waals surface area (Å²) in [6, 6.07) is 11.3. The molecular formula is C21H23ClF2N2OS. The lowest BCUT2D eigenvalue weighted by Crippen LogP contribution is -2.42. The lowest BCUT2D eigenvalue weighted by molar-refractivity contribution is -0.133. The van der Waals surface area contributed by atoms with Gasteiger partial charge < -0.3 is 4.90 Å². The average molecular weight is 425 g/mol. The molecule has 0 spiro atoms. The molecule has 28 heavy (non-hydrogen) atoms. The Morgan fingerprint density at radius 3 is 2.54 bits per heavy atom. The van der Waals surface area contributed by atoms with E-state index in [2.05, 4.69) is 0 Å². The van der Waals surface area contributed by atoms with E-state index >= 15 is 0 Å². The zero-order valence-electron chi connectivity index (χ0n) is 15.9. The van der Waals surface area contributed by atoms with Crippen molar-refractivity contribution in [1.82, 2.24) is 9.80 Å². The van der Waals surface area contributed by atoms with Crippen molar-refractivity contribution in [3.05, 3.63) is 70.2 Å². The molecule has 1 aliphatic rings. The molecule has 3 rings (SSSR count). The van der Waals surface area contributed by atoms with Crippen LogP contribution in [0.5, 0.6) is 0 Å². The Bertz CT molecular complexity index is 829. The van der Waals surface area contributed by atoms with Crippen LogP contribution in [0.1, 0.15) is 30.3 Å². The van der Waals surface area contributed by atoms with Crippen molar-refractivity contribution in [2.75, 3.05) is 18.8 Å². The maximum Gasteiger partial charge on any atom is 0.237 e. The van der Waals surface area contributed by atoms with Crippen LogP contribution in [0.25, 0.3) is 0 Å². The number of amides is 1. The summed E-state index contributed by atoms with van der Waals surface area (Å²) >= 11 is 8.00. The molecule has 150 valence electrons. The van der Waals surface area contributed by atoms with Crippen molar-refractivity contribution >= 4 is 29.3 Å². The molecule has 0 radical (unpaired) electrons. The summed E-state index contributed by atoms with van der Waals surface area (Å²) in [7, 11) is 0. The maximum atomic E-state index is 14.1. The lowest BCUT2D eigenvalue weighted by Gasteiger charge is -2.31. The van der Waals surface area contributed by atoms with Gasteiger partial charge in [-0.1, -0.05) is 35.9 Å². The van der Waals surface area contributed by atoms with E-state index in [0.29, 0.717) is 11.6 Å². The van der Waals surface area contributed by atoms with E-state index in [1.54, 1.807) is 21.6 Å². The van der Waals surface area contributed by atoms with E-state index in [0.717, 1.165) is 11.3 Å². The fourth-order valence-corrected chi connectivity index (χ4v) is 4.85. The van der Waals surface area contributed by atoms with Crippen molar-refractivity contribution in [2.45, 2.75) is 31.8 Å². The van der Waals surface area contributed by atoms with Gasteiger partial charge in [-0.15, -0.1) is 11.8 Å². The van der Waals surface area contributed by atoms with E-state index in [4.69, 9.17) is 11.6 Å². The minimum Gasteiger partial charge on any atom is -0.325 e. The van der Waals surface area contributed by atoms with E-state index in [1.165, 1.54) is 18.2 Å². The molecule has 0 aliphatic carbocycles. The molecule has 3 nitrogen and oxygen atoms in total. The molecule has 1 amide bonds. The summed E-state index contributed by atoms with van der Waals surface area (Å²) in [5, 5.41) is 0.495.